The maximum Gasteiger partial charge on any atom is 0.254 e. The van der Waals surface area contributed by atoms with Crippen molar-refractivity contribution in [2.24, 2.45) is 12.0 Å². The van der Waals surface area contributed by atoms with Gasteiger partial charge in [-0.05, 0) is 37.1 Å². The number of aromatic nitrogens is 5. The number of aryl methyl sites for hydroxylation is 1. The summed E-state index contributed by atoms with van der Waals surface area (Å²) >= 11 is 0. The Hall–Kier alpha value is -4.34. The van der Waals surface area contributed by atoms with E-state index in [0.29, 0.717) is 35.8 Å². The van der Waals surface area contributed by atoms with Crippen molar-refractivity contribution >= 4 is 29.2 Å². The fourth-order valence-corrected chi connectivity index (χ4v) is 4.09. The average molecular weight is 471 g/mol. The third-order valence-corrected chi connectivity index (χ3v) is 6.25. The molecule has 3 aromatic heterocycles. The van der Waals surface area contributed by atoms with Crippen molar-refractivity contribution in [2.75, 3.05) is 11.9 Å². The average Bonchev–Trinajstić information content (AvgIpc) is 3.22. The van der Waals surface area contributed by atoms with Gasteiger partial charge in [-0.25, -0.2) is 14.4 Å². The minimum absolute atomic E-state index is 0.0450. The van der Waals surface area contributed by atoms with Crippen LogP contribution in [-0.4, -0.2) is 48.9 Å². The second-order valence-electron chi connectivity index (χ2n) is 8.74. The number of imidazole rings is 1. The first-order chi connectivity index (χ1) is 17.1. The molecule has 176 valence electrons. The zero-order chi connectivity index (χ0) is 23.9. The van der Waals surface area contributed by atoms with Crippen LogP contribution in [0.3, 0.4) is 0 Å². The van der Waals surface area contributed by atoms with Crippen LogP contribution in [0.5, 0.6) is 0 Å². The Bertz CT molecular complexity index is 1510. The molecule has 4 aromatic rings. The summed E-state index contributed by atoms with van der Waals surface area (Å²) in [7, 11) is 1.88. The van der Waals surface area contributed by atoms with E-state index in [-0.39, 0.29) is 17.5 Å². The minimum Gasteiger partial charge on any atom is -0.361 e. The largest absolute Gasteiger partial charge is 0.361 e. The molecule has 0 radical (unpaired) electrons. The molecule has 9 nitrogen and oxygen atoms in total. The molecule has 1 aliphatic carbocycles. The maximum atomic E-state index is 14.9. The lowest BCUT2D eigenvalue weighted by molar-refractivity contribution is 0.0947. The zero-order valence-electron chi connectivity index (χ0n) is 19.1. The number of hydrogen-bond acceptors (Lipinski definition) is 6. The SMILES string of the molecule is Cn1nccc1CNc1nc(C2=CC=NC2)cn2c(-c3ccc(C(=O)NC4CC4)c(F)c3)cnc12. The molecule has 2 N–H and O–H groups in total. The van der Waals surface area contributed by atoms with Crippen LogP contribution in [0.1, 0.15) is 34.6 Å². The molecule has 35 heavy (non-hydrogen) atoms. The number of carbonyl (C=O) groups excluding carboxylic acids is 1. The van der Waals surface area contributed by atoms with Crippen LogP contribution in [0.2, 0.25) is 0 Å². The molecule has 0 unspecified atom stereocenters. The van der Waals surface area contributed by atoms with Crippen molar-refractivity contribution in [3.63, 3.8) is 0 Å². The lowest BCUT2D eigenvalue weighted by Crippen LogP contribution is -2.26. The number of nitrogens with one attached hydrogen (secondary N) is 2. The van der Waals surface area contributed by atoms with Crippen LogP contribution in [0.4, 0.5) is 10.2 Å². The van der Waals surface area contributed by atoms with E-state index in [0.717, 1.165) is 29.8 Å². The molecule has 1 saturated carbocycles. The smallest absolute Gasteiger partial charge is 0.254 e. The molecular weight excluding hydrogens is 447 g/mol. The number of anilines is 1. The van der Waals surface area contributed by atoms with Crippen molar-refractivity contribution in [1.82, 2.24) is 29.5 Å². The Kier molecular flexibility index (Phi) is 5.13. The number of benzene rings is 1. The maximum absolute atomic E-state index is 14.9. The molecule has 1 aliphatic heterocycles. The van der Waals surface area contributed by atoms with Crippen LogP contribution in [0.25, 0.3) is 22.5 Å². The Labute approximate surface area is 200 Å². The number of nitrogens with zero attached hydrogens (tertiary/aromatic N) is 6. The van der Waals surface area contributed by atoms with Gasteiger partial charge in [-0.15, -0.1) is 0 Å². The topological polar surface area (TPSA) is 102 Å². The van der Waals surface area contributed by atoms with Crippen LogP contribution in [-0.2, 0) is 13.6 Å². The van der Waals surface area contributed by atoms with E-state index in [1.165, 1.54) is 12.1 Å². The molecule has 1 fully saturated rings. The second-order valence-corrected chi connectivity index (χ2v) is 8.74. The zero-order valence-corrected chi connectivity index (χ0v) is 19.1. The highest BCUT2D eigenvalue weighted by Crippen LogP contribution is 2.28. The van der Waals surface area contributed by atoms with Crippen molar-refractivity contribution in [3.8, 4) is 11.3 Å². The summed E-state index contributed by atoms with van der Waals surface area (Å²) in [5.74, 6) is -0.342. The standard InChI is InChI=1S/C25H23FN8O/c1-33-18(7-9-30-33)12-28-23-24-29-13-22(34(24)14-21(32-23)16-6-8-27-11-16)15-2-5-19(20(26)10-15)25(35)31-17-3-4-17/h2,5-10,13-14,17H,3-4,11-12H2,1H3,(H,28,32)(H,31,35). The fourth-order valence-electron chi connectivity index (χ4n) is 4.09. The molecule has 2 aliphatic rings. The molecule has 1 amide bonds. The van der Waals surface area contributed by atoms with E-state index in [1.807, 2.05) is 29.8 Å². The minimum atomic E-state index is -0.564. The molecule has 0 bridgehead atoms. The summed E-state index contributed by atoms with van der Waals surface area (Å²) in [5, 5.41) is 10.4. The van der Waals surface area contributed by atoms with Gasteiger partial charge in [0.05, 0.1) is 41.9 Å². The summed E-state index contributed by atoms with van der Waals surface area (Å²) in [4.78, 5) is 26.0. The van der Waals surface area contributed by atoms with Gasteiger partial charge >= 0.3 is 0 Å². The summed E-state index contributed by atoms with van der Waals surface area (Å²) < 4.78 is 18.6. The van der Waals surface area contributed by atoms with Gasteiger partial charge in [0.15, 0.2) is 11.5 Å². The van der Waals surface area contributed by atoms with E-state index < -0.39 is 5.82 Å². The summed E-state index contributed by atoms with van der Waals surface area (Å²) in [6.07, 6.45) is 10.9. The van der Waals surface area contributed by atoms with Crippen molar-refractivity contribution in [3.05, 3.63) is 71.7 Å². The van der Waals surface area contributed by atoms with Crippen LogP contribution in [0.15, 0.2) is 53.9 Å². The first-order valence-electron chi connectivity index (χ1n) is 11.5. The fraction of sp³-hybridized carbons (Fsp3) is 0.240. The number of amides is 1. The summed E-state index contributed by atoms with van der Waals surface area (Å²) in [6, 6.07) is 6.75. The van der Waals surface area contributed by atoms with Crippen LogP contribution >= 0.6 is 0 Å². The number of hydrogen-bond donors (Lipinski definition) is 2. The highest BCUT2D eigenvalue weighted by Gasteiger charge is 2.25. The highest BCUT2D eigenvalue weighted by atomic mass is 19.1. The first-order valence-corrected chi connectivity index (χ1v) is 11.5. The molecule has 4 heterocycles. The number of carbonyl (C=O) groups is 1. The lowest BCUT2D eigenvalue weighted by atomic mass is 10.1. The Morgan fingerprint density at radius 2 is 2.14 bits per heavy atom. The molecular formula is C25H23FN8O. The van der Waals surface area contributed by atoms with Crippen LogP contribution < -0.4 is 10.6 Å². The monoisotopic (exact) mass is 470 g/mol. The predicted molar refractivity (Wildman–Crippen MR) is 131 cm³/mol. The van der Waals surface area contributed by atoms with Gasteiger partial charge in [0, 0.05) is 42.8 Å². The highest BCUT2D eigenvalue weighted by molar-refractivity contribution is 5.95. The summed E-state index contributed by atoms with van der Waals surface area (Å²) in [6.45, 7) is 1.06. The number of rotatable bonds is 7. The third-order valence-electron chi connectivity index (χ3n) is 6.25. The van der Waals surface area contributed by atoms with Gasteiger partial charge in [0.25, 0.3) is 5.91 Å². The number of halogens is 1. The predicted octanol–water partition coefficient (Wildman–Crippen LogP) is 3.24. The molecule has 1 aromatic carbocycles. The number of allylic oxidation sites excluding steroid dienone is 1. The lowest BCUT2D eigenvalue weighted by Gasteiger charge is -2.12. The summed E-state index contributed by atoms with van der Waals surface area (Å²) in [5.41, 5.74) is 4.69. The number of fused-ring (bicyclic) bond motifs is 1. The Balaban J connectivity index is 1.39. The molecule has 0 spiro atoms. The van der Waals surface area contributed by atoms with Crippen molar-refractivity contribution < 1.29 is 9.18 Å². The van der Waals surface area contributed by atoms with E-state index in [2.05, 4.69) is 25.7 Å². The van der Waals surface area contributed by atoms with E-state index in [9.17, 15) is 9.18 Å². The van der Waals surface area contributed by atoms with E-state index >= 15 is 0 Å². The van der Waals surface area contributed by atoms with Crippen molar-refractivity contribution in [1.29, 1.82) is 0 Å². The first kappa shape index (κ1) is 21.2. The molecule has 6 rings (SSSR count). The second kappa shape index (κ2) is 8.46. The molecule has 10 heteroatoms. The van der Waals surface area contributed by atoms with Gasteiger partial charge in [-0.1, -0.05) is 6.07 Å². The van der Waals surface area contributed by atoms with Gasteiger partial charge in [0.2, 0.25) is 0 Å². The quantitative estimate of drug-likeness (QED) is 0.432. The normalized spacial score (nSPS) is 15.0. The van der Waals surface area contributed by atoms with E-state index in [4.69, 9.17) is 4.98 Å². The third kappa shape index (κ3) is 4.07. The van der Waals surface area contributed by atoms with Gasteiger partial charge in [0.1, 0.15) is 5.82 Å². The Morgan fingerprint density at radius 3 is 2.86 bits per heavy atom. The molecule has 0 saturated heterocycles. The van der Waals surface area contributed by atoms with E-state index in [1.54, 1.807) is 29.4 Å². The Morgan fingerprint density at radius 1 is 1.26 bits per heavy atom. The number of aliphatic imine (C=N–C) groups is 1. The van der Waals surface area contributed by atoms with Crippen molar-refractivity contribution in [2.45, 2.75) is 25.4 Å². The molecule has 0 atom stereocenters. The van der Waals surface area contributed by atoms with Gasteiger partial charge in [-0.3, -0.25) is 18.9 Å². The van der Waals surface area contributed by atoms with Crippen LogP contribution in [0, 0.1) is 5.82 Å². The van der Waals surface area contributed by atoms with Gasteiger partial charge in [-0.2, -0.15) is 5.10 Å². The van der Waals surface area contributed by atoms with Gasteiger partial charge < -0.3 is 10.6 Å².